The number of aliphatic imine (C=N–C) groups is 1. The number of amidine groups is 1. The molecule has 1 N–H and O–H groups in total. The third kappa shape index (κ3) is 2.65. The molecule has 2 aliphatic heterocycles. The first-order chi connectivity index (χ1) is 12.7. The summed E-state index contributed by atoms with van der Waals surface area (Å²) >= 11 is 6.52. The van der Waals surface area contributed by atoms with Gasteiger partial charge in [-0.2, -0.15) is 0 Å². The summed E-state index contributed by atoms with van der Waals surface area (Å²) in [4.78, 5) is 5.35. The average Bonchev–Trinajstić information content (AvgIpc) is 3.44. The summed E-state index contributed by atoms with van der Waals surface area (Å²) < 4.78 is 5.68. The molecule has 1 aliphatic carbocycles. The van der Waals surface area contributed by atoms with Gasteiger partial charge in [-0.15, -0.1) is 0 Å². The smallest absolute Gasteiger partial charge is 0.109 e. The van der Waals surface area contributed by atoms with Crippen LogP contribution in [0, 0.1) is 5.41 Å². The van der Waals surface area contributed by atoms with Crippen LogP contribution >= 0.6 is 11.6 Å². The zero-order valence-corrected chi connectivity index (χ0v) is 15.6. The van der Waals surface area contributed by atoms with E-state index in [-0.39, 0.29) is 11.0 Å². The monoisotopic (exact) mass is 366 g/mol. The Morgan fingerprint density at radius 1 is 0.923 bits per heavy atom. The quantitative estimate of drug-likeness (QED) is 0.793. The van der Waals surface area contributed by atoms with Crippen LogP contribution in [0.2, 0.25) is 5.02 Å². The van der Waals surface area contributed by atoms with Gasteiger partial charge in [-0.1, -0.05) is 48.0 Å². The molecule has 3 nitrogen and oxygen atoms in total. The Morgan fingerprint density at radius 3 is 2.42 bits per heavy atom. The highest BCUT2D eigenvalue weighted by Crippen LogP contribution is 2.53. The van der Waals surface area contributed by atoms with Crippen LogP contribution in [-0.4, -0.2) is 19.0 Å². The number of hydrogen-bond donors (Lipinski definition) is 1. The number of ether oxygens (including phenoxy) is 1. The lowest BCUT2D eigenvalue weighted by atomic mass is 9.71. The molecule has 3 aliphatic rings. The molecular weight excluding hydrogens is 344 g/mol. The number of nitrogens with one attached hydrogen (secondary N) is 1. The molecule has 0 amide bonds. The summed E-state index contributed by atoms with van der Waals surface area (Å²) in [5.74, 6) is 1.14. The molecule has 2 aromatic rings. The van der Waals surface area contributed by atoms with Gasteiger partial charge in [0.05, 0.1) is 5.54 Å². The van der Waals surface area contributed by atoms with Crippen LogP contribution in [-0.2, 0) is 16.7 Å². The van der Waals surface area contributed by atoms with Crippen LogP contribution in [0.3, 0.4) is 0 Å². The molecule has 1 saturated heterocycles. The van der Waals surface area contributed by atoms with Crippen molar-refractivity contribution < 1.29 is 4.74 Å². The van der Waals surface area contributed by atoms with Gasteiger partial charge >= 0.3 is 0 Å². The molecule has 0 unspecified atom stereocenters. The second-order valence-electron chi connectivity index (χ2n) is 7.82. The molecule has 0 aromatic heterocycles. The zero-order chi connectivity index (χ0) is 17.6. The second kappa shape index (κ2) is 6.11. The fourth-order valence-corrected chi connectivity index (χ4v) is 4.75. The minimum atomic E-state index is -0.154. The first kappa shape index (κ1) is 16.3. The average molecular weight is 367 g/mol. The van der Waals surface area contributed by atoms with Gasteiger partial charge in [0.15, 0.2) is 0 Å². The molecule has 0 radical (unpaired) electrons. The van der Waals surface area contributed by atoms with E-state index in [4.69, 9.17) is 21.3 Å². The number of benzene rings is 2. The first-order valence-corrected chi connectivity index (χ1v) is 9.87. The van der Waals surface area contributed by atoms with E-state index < -0.39 is 0 Å². The molecule has 5 rings (SSSR count). The fraction of sp³-hybridized carbons (Fsp3) is 0.409. The van der Waals surface area contributed by atoms with E-state index in [1.807, 2.05) is 12.1 Å². The number of fused-ring (bicyclic) bond motifs is 1. The van der Waals surface area contributed by atoms with Gasteiger partial charge < -0.3 is 10.1 Å². The molecule has 0 bridgehead atoms. The number of hydrogen-bond acceptors (Lipinski definition) is 2. The maximum absolute atomic E-state index is 6.52. The topological polar surface area (TPSA) is 33.6 Å². The van der Waals surface area contributed by atoms with E-state index in [9.17, 15) is 0 Å². The summed E-state index contributed by atoms with van der Waals surface area (Å²) in [5.41, 5.74) is 3.65. The van der Waals surface area contributed by atoms with Crippen molar-refractivity contribution in [2.24, 2.45) is 10.4 Å². The number of nitrogens with zero attached hydrogens (tertiary/aromatic N) is 1. The summed E-state index contributed by atoms with van der Waals surface area (Å²) in [6.45, 7) is 1.62. The number of halogens is 1. The molecule has 0 atom stereocenters. The van der Waals surface area contributed by atoms with Gasteiger partial charge in [0.1, 0.15) is 5.84 Å². The highest BCUT2D eigenvalue weighted by molar-refractivity contribution is 6.31. The van der Waals surface area contributed by atoms with E-state index in [2.05, 4.69) is 41.7 Å². The van der Waals surface area contributed by atoms with E-state index >= 15 is 0 Å². The Balaban J connectivity index is 1.59. The molecule has 134 valence electrons. The molecule has 1 saturated carbocycles. The molecule has 26 heavy (non-hydrogen) atoms. The van der Waals surface area contributed by atoms with Crippen LogP contribution in [0.25, 0.3) is 0 Å². The predicted octanol–water partition coefficient (Wildman–Crippen LogP) is 5.19. The summed E-state index contributed by atoms with van der Waals surface area (Å²) in [7, 11) is 0. The van der Waals surface area contributed by atoms with E-state index in [0.717, 1.165) is 61.7 Å². The predicted molar refractivity (Wildman–Crippen MR) is 106 cm³/mol. The zero-order valence-electron chi connectivity index (χ0n) is 14.8. The van der Waals surface area contributed by atoms with Gasteiger partial charge in [-0.3, -0.25) is 4.99 Å². The van der Waals surface area contributed by atoms with Crippen molar-refractivity contribution in [2.75, 3.05) is 18.5 Å². The van der Waals surface area contributed by atoms with Gasteiger partial charge in [-0.05, 0) is 55.4 Å². The van der Waals surface area contributed by atoms with Crippen molar-refractivity contribution >= 4 is 23.1 Å². The summed E-state index contributed by atoms with van der Waals surface area (Å²) in [6, 6.07) is 16.8. The van der Waals surface area contributed by atoms with Crippen LogP contribution in [0.5, 0.6) is 0 Å². The van der Waals surface area contributed by atoms with Crippen LogP contribution in [0.4, 0.5) is 5.69 Å². The Bertz CT molecular complexity index is 866. The molecule has 2 aromatic carbocycles. The van der Waals surface area contributed by atoms with Crippen LogP contribution in [0.1, 0.15) is 36.8 Å². The molecule has 2 heterocycles. The Kier molecular flexibility index (Phi) is 3.84. The van der Waals surface area contributed by atoms with Crippen molar-refractivity contribution in [2.45, 2.75) is 37.6 Å². The summed E-state index contributed by atoms with van der Waals surface area (Å²) in [6.07, 6.45) is 5.21. The largest absolute Gasteiger partial charge is 0.381 e. The number of rotatable bonds is 2. The first-order valence-electron chi connectivity index (χ1n) is 9.49. The summed E-state index contributed by atoms with van der Waals surface area (Å²) in [5, 5.41) is 4.52. The van der Waals surface area contributed by atoms with Crippen LogP contribution < -0.4 is 5.32 Å². The van der Waals surface area contributed by atoms with E-state index in [1.165, 1.54) is 11.3 Å². The van der Waals surface area contributed by atoms with Crippen molar-refractivity contribution in [1.29, 1.82) is 0 Å². The normalized spacial score (nSPS) is 24.1. The minimum Gasteiger partial charge on any atom is -0.381 e. The maximum Gasteiger partial charge on any atom is 0.109 e. The third-order valence-electron chi connectivity index (χ3n) is 6.18. The lowest BCUT2D eigenvalue weighted by Crippen LogP contribution is -2.46. The van der Waals surface area contributed by atoms with Crippen LogP contribution in [0.15, 0.2) is 53.5 Å². The highest BCUT2D eigenvalue weighted by atomic mass is 35.5. The van der Waals surface area contributed by atoms with Gasteiger partial charge in [0, 0.05) is 29.3 Å². The highest BCUT2D eigenvalue weighted by Gasteiger charge is 2.49. The van der Waals surface area contributed by atoms with Gasteiger partial charge in [0.2, 0.25) is 0 Å². The molecule has 1 spiro atoms. The van der Waals surface area contributed by atoms with E-state index in [0.29, 0.717) is 0 Å². The van der Waals surface area contributed by atoms with E-state index in [1.54, 1.807) is 0 Å². The van der Waals surface area contributed by atoms with Crippen molar-refractivity contribution in [1.82, 2.24) is 0 Å². The maximum atomic E-state index is 6.52. The Labute approximate surface area is 159 Å². The van der Waals surface area contributed by atoms with Crippen molar-refractivity contribution in [3.8, 4) is 0 Å². The Morgan fingerprint density at radius 2 is 1.65 bits per heavy atom. The van der Waals surface area contributed by atoms with Crippen molar-refractivity contribution in [3.05, 3.63) is 64.7 Å². The van der Waals surface area contributed by atoms with Gasteiger partial charge in [0.25, 0.3) is 0 Å². The molecule has 2 fully saturated rings. The van der Waals surface area contributed by atoms with Gasteiger partial charge in [-0.25, -0.2) is 0 Å². The molecular formula is C22H23ClN2O. The number of anilines is 1. The standard InChI is InChI=1S/C22H23ClN2O/c23-18-7-3-2-6-17(18)22(9-10-22)25-20-21(11-13-26-14-12-21)15-16-5-1-4-8-19(16)24-20/h1-8H,9-15H2,(H,24,25). The molecule has 4 heteroatoms. The Hall–Kier alpha value is -1.84. The lowest BCUT2D eigenvalue weighted by molar-refractivity contribution is 0.0447. The lowest BCUT2D eigenvalue weighted by Gasteiger charge is -2.43. The van der Waals surface area contributed by atoms with Crippen molar-refractivity contribution in [3.63, 3.8) is 0 Å². The minimum absolute atomic E-state index is 0.0590. The number of para-hydroxylation sites is 1. The second-order valence-corrected chi connectivity index (χ2v) is 8.23. The SMILES string of the molecule is Clc1ccccc1C1(N=C2Nc3ccccc3CC23CCOCC3)CC1. The third-order valence-corrected chi connectivity index (χ3v) is 6.51. The fourth-order valence-electron chi connectivity index (χ4n) is 4.44.